The van der Waals surface area contributed by atoms with Gasteiger partial charge in [0.1, 0.15) is 5.75 Å². The lowest BCUT2D eigenvalue weighted by molar-refractivity contribution is -0.141. The summed E-state index contributed by atoms with van der Waals surface area (Å²) in [5.74, 6) is 1.10. The van der Waals surface area contributed by atoms with Gasteiger partial charge in [-0.05, 0) is 60.2 Å². The Bertz CT molecular complexity index is 1190. The fraction of sp³-hybridized carbons (Fsp3) is 0.333. The zero-order valence-corrected chi connectivity index (χ0v) is 21.5. The van der Waals surface area contributed by atoms with Crippen molar-refractivity contribution in [1.82, 2.24) is 4.90 Å². The molecule has 0 aliphatic carbocycles. The topological polar surface area (TPSA) is 70.7 Å². The van der Waals surface area contributed by atoms with Crippen LogP contribution in [-0.4, -0.2) is 22.9 Å². The van der Waals surface area contributed by atoms with E-state index in [2.05, 4.69) is 43.5 Å². The van der Waals surface area contributed by atoms with E-state index in [-0.39, 0.29) is 18.0 Å². The summed E-state index contributed by atoms with van der Waals surface area (Å²) < 4.78 is 6.15. The van der Waals surface area contributed by atoms with Gasteiger partial charge in [-0.1, -0.05) is 70.2 Å². The van der Waals surface area contributed by atoms with E-state index in [4.69, 9.17) is 4.74 Å². The van der Waals surface area contributed by atoms with Gasteiger partial charge >= 0.3 is 6.03 Å². The third kappa shape index (κ3) is 5.70. The van der Waals surface area contributed by atoms with Crippen molar-refractivity contribution in [3.63, 3.8) is 0 Å². The number of carbonyl (C=O) groups is 2. The first kappa shape index (κ1) is 25.3. The number of benzene rings is 3. The molecule has 2 atom stereocenters. The molecule has 36 heavy (non-hydrogen) atoms. The summed E-state index contributed by atoms with van der Waals surface area (Å²) in [6.45, 7) is 8.73. The average Bonchev–Trinajstić information content (AvgIpc) is 3.01. The van der Waals surface area contributed by atoms with Crippen molar-refractivity contribution in [2.45, 2.75) is 65.1 Å². The zero-order chi connectivity index (χ0) is 25.7. The summed E-state index contributed by atoms with van der Waals surface area (Å²) in [6.07, 6.45) is 0.829. The van der Waals surface area contributed by atoms with Crippen LogP contribution in [0.15, 0.2) is 72.8 Å². The molecule has 188 valence electrons. The highest BCUT2D eigenvalue weighted by Gasteiger charge is 2.34. The summed E-state index contributed by atoms with van der Waals surface area (Å²) in [4.78, 5) is 28.1. The van der Waals surface area contributed by atoms with Crippen LogP contribution in [0.25, 0.3) is 0 Å². The molecular weight excluding hydrogens is 450 g/mol. The van der Waals surface area contributed by atoms with E-state index in [9.17, 15) is 9.59 Å². The molecule has 1 heterocycles. The van der Waals surface area contributed by atoms with E-state index in [0.29, 0.717) is 30.3 Å². The van der Waals surface area contributed by atoms with Crippen LogP contribution in [0.3, 0.4) is 0 Å². The van der Waals surface area contributed by atoms with Crippen molar-refractivity contribution in [2.75, 3.05) is 10.6 Å². The first-order chi connectivity index (χ1) is 17.4. The van der Waals surface area contributed by atoms with Crippen molar-refractivity contribution in [3.8, 4) is 5.75 Å². The van der Waals surface area contributed by atoms with Gasteiger partial charge in [0, 0.05) is 16.9 Å². The molecule has 2 unspecified atom stereocenters. The zero-order valence-electron chi connectivity index (χ0n) is 21.5. The molecule has 0 aromatic heterocycles. The maximum atomic E-state index is 13.5. The lowest BCUT2D eigenvalue weighted by Crippen LogP contribution is -2.41. The van der Waals surface area contributed by atoms with Crippen molar-refractivity contribution >= 4 is 23.3 Å². The second kappa shape index (κ2) is 11.3. The first-order valence-corrected chi connectivity index (χ1v) is 12.7. The number of rotatable bonds is 7. The predicted octanol–water partition coefficient (Wildman–Crippen LogP) is 7.10. The Hall–Kier alpha value is -3.80. The van der Waals surface area contributed by atoms with Gasteiger partial charge in [0.2, 0.25) is 0 Å². The molecule has 6 nitrogen and oxygen atoms in total. The molecule has 2 N–H and O–H groups in total. The Morgan fingerprint density at radius 2 is 1.61 bits per heavy atom. The molecule has 0 spiro atoms. The Kier molecular flexibility index (Phi) is 7.93. The van der Waals surface area contributed by atoms with Gasteiger partial charge in [-0.3, -0.25) is 4.79 Å². The first-order valence-electron chi connectivity index (χ1n) is 12.7. The lowest BCUT2D eigenvalue weighted by atomic mass is 10.0. The van der Waals surface area contributed by atoms with Crippen LogP contribution in [0.1, 0.15) is 69.2 Å². The van der Waals surface area contributed by atoms with Gasteiger partial charge in [0.15, 0.2) is 6.10 Å². The molecule has 3 aromatic carbocycles. The normalized spacial score (nSPS) is 16.1. The number of hydrogen-bond donors (Lipinski definition) is 2. The SMILES string of the molecule is CCC1Oc2ccc(NC(=O)Nc3ccc(C(C)C)cc3)cc2CN(C(CC)c2ccccc2)C1=O. The number of urea groups is 1. The molecule has 3 amide bonds. The van der Waals surface area contributed by atoms with E-state index in [1.54, 1.807) is 0 Å². The number of nitrogens with zero attached hydrogens (tertiary/aromatic N) is 1. The van der Waals surface area contributed by atoms with Gasteiger partial charge in [0.25, 0.3) is 5.91 Å². The molecule has 4 rings (SSSR count). The van der Waals surface area contributed by atoms with E-state index in [1.165, 1.54) is 5.56 Å². The largest absolute Gasteiger partial charge is 0.480 e. The number of hydrogen-bond acceptors (Lipinski definition) is 3. The van der Waals surface area contributed by atoms with Crippen molar-refractivity contribution in [2.24, 2.45) is 0 Å². The van der Waals surface area contributed by atoms with Crippen LogP contribution in [0.4, 0.5) is 16.2 Å². The van der Waals surface area contributed by atoms with E-state index in [1.807, 2.05) is 72.5 Å². The van der Waals surface area contributed by atoms with Crippen molar-refractivity contribution in [3.05, 3.63) is 89.5 Å². The summed E-state index contributed by atoms with van der Waals surface area (Å²) in [7, 11) is 0. The van der Waals surface area contributed by atoms with Gasteiger partial charge in [0.05, 0.1) is 12.6 Å². The molecule has 1 aliphatic rings. The number of carbonyl (C=O) groups excluding carboxylic acids is 2. The van der Waals surface area contributed by atoms with E-state index >= 15 is 0 Å². The summed E-state index contributed by atoms with van der Waals surface area (Å²) in [5, 5.41) is 5.80. The Balaban J connectivity index is 1.54. The molecule has 3 aromatic rings. The number of amides is 3. The molecule has 0 bridgehead atoms. The number of ether oxygens (including phenoxy) is 1. The number of nitrogens with one attached hydrogen (secondary N) is 2. The molecule has 0 saturated carbocycles. The fourth-order valence-corrected chi connectivity index (χ4v) is 4.62. The molecule has 1 aliphatic heterocycles. The van der Waals surface area contributed by atoms with E-state index in [0.717, 1.165) is 23.2 Å². The smallest absolute Gasteiger partial charge is 0.323 e. The number of anilines is 2. The highest BCUT2D eigenvalue weighted by atomic mass is 16.5. The molecule has 6 heteroatoms. The highest BCUT2D eigenvalue weighted by molar-refractivity contribution is 5.99. The van der Waals surface area contributed by atoms with Gasteiger partial charge in [-0.15, -0.1) is 0 Å². The van der Waals surface area contributed by atoms with Crippen LogP contribution >= 0.6 is 0 Å². The maximum Gasteiger partial charge on any atom is 0.323 e. The predicted molar refractivity (Wildman–Crippen MR) is 144 cm³/mol. The monoisotopic (exact) mass is 485 g/mol. The third-order valence-electron chi connectivity index (χ3n) is 6.64. The van der Waals surface area contributed by atoms with Gasteiger partial charge < -0.3 is 20.3 Å². The fourth-order valence-electron chi connectivity index (χ4n) is 4.62. The standard InChI is InChI=1S/C30H35N3O3/c1-5-26(22-10-8-7-9-11-22)33-19-23-18-25(16-17-28(23)36-27(6-2)29(33)34)32-30(35)31-24-14-12-21(13-15-24)20(3)4/h7-18,20,26-27H,5-6,19H2,1-4H3,(H2,31,32,35). The Morgan fingerprint density at radius 3 is 2.25 bits per heavy atom. The lowest BCUT2D eigenvalue weighted by Gasteiger charge is -2.32. The molecule has 0 saturated heterocycles. The summed E-state index contributed by atoms with van der Waals surface area (Å²) in [5.41, 5.74) is 4.56. The third-order valence-corrected chi connectivity index (χ3v) is 6.64. The second-order valence-electron chi connectivity index (χ2n) is 9.49. The summed E-state index contributed by atoms with van der Waals surface area (Å²) in [6, 6.07) is 23.1. The minimum absolute atomic E-state index is 0.0125. The number of fused-ring (bicyclic) bond motifs is 1. The molecule has 0 radical (unpaired) electrons. The molecule has 0 fully saturated rings. The van der Waals surface area contributed by atoms with Gasteiger partial charge in [-0.25, -0.2) is 4.79 Å². The quantitative estimate of drug-likeness (QED) is 0.375. The van der Waals surface area contributed by atoms with Crippen LogP contribution in [0.5, 0.6) is 5.75 Å². The summed E-state index contributed by atoms with van der Waals surface area (Å²) >= 11 is 0. The van der Waals surface area contributed by atoms with E-state index < -0.39 is 6.10 Å². The van der Waals surface area contributed by atoms with Crippen LogP contribution in [-0.2, 0) is 11.3 Å². The Labute approximate surface area is 213 Å². The highest BCUT2D eigenvalue weighted by Crippen LogP contribution is 2.35. The second-order valence-corrected chi connectivity index (χ2v) is 9.49. The molecular formula is C30H35N3O3. The van der Waals surface area contributed by atoms with Crippen molar-refractivity contribution in [1.29, 1.82) is 0 Å². The van der Waals surface area contributed by atoms with Crippen LogP contribution in [0.2, 0.25) is 0 Å². The van der Waals surface area contributed by atoms with Crippen LogP contribution in [0, 0.1) is 0 Å². The average molecular weight is 486 g/mol. The maximum absolute atomic E-state index is 13.5. The minimum atomic E-state index is -0.542. The minimum Gasteiger partial charge on any atom is -0.480 e. The van der Waals surface area contributed by atoms with Crippen molar-refractivity contribution < 1.29 is 14.3 Å². The van der Waals surface area contributed by atoms with Gasteiger partial charge in [-0.2, -0.15) is 0 Å². The Morgan fingerprint density at radius 1 is 0.944 bits per heavy atom. The van der Waals surface area contributed by atoms with Crippen LogP contribution < -0.4 is 15.4 Å².